The quantitative estimate of drug-likeness (QED) is 0.737. The third-order valence-electron chi connectivity index (χ3n) is 3.45. The lowest BCUT2D eigenvalue weighted by Gasteiger charge is -2.03. The molecule has 0 saturated heterocycles. The lowest BCUT2D eigenvalue weighted by atomic mass is 10.0. The summed E-state index contributed by atoms with van der Waals surface area (Å²) in [7, 11) is 0. The van der Waals surface area contributed by atoms with Crippen LogP contribution in [0.15, 0.2) is 57.6 Å². The van der Waals surface area contributed by atoms with Crippen molar-refractivity contribution in [2.24, 2.45) is 0 Å². The molecule has 4 heteroatoms. The van der Waals surface area contributed by atoms with Gasteiger partial charge in [-0.1, -0.05) is 30.3 Å². The number of carboxylic acids is 1. The minimum atomic E-state index is -0.812. The van der Waals surface area contributed by atoms with Crippen molar-refractivity contribution in [3.05, 3.63) is 58.8 Å². The van der Waals surface area contributed by atoms with Crippen molar-refractivity contribution in [2.45, 2.75) is 12.8 Å². The minimum Gasteiger partial charge on any atom is -0.481 e. The molecule has 1 heterocycles. The average Bonchev–Trinajstić information content (AvgIpc) is 2.78. The van der Waals surface area contributed by atoms with Crippen LogP contribution in [-0.2, 0) is 11.2 Å². The highest BCUT2D eigenvalue weighted by molar-refractivity contribution is 9.10. The Bertz CT molecular complexity index is 746. The lowest BCUT2D eigenvalue weighted by molar-refractivity contribution is -0.136. The van der Waals surface area contributed by atoms with Gasteiger partial charge < -0.3 is 9.52 Å². The van der Waals surface area contributed by atoms with Crippen molar-refractivity contribution in [3.8, 4) is 22.5 Å². The average molecular weight is 345 g/mol. The number of hydrogen-bond donors (Lipinski definition) is 1. The molecule has 21 heavy (non-hydrogen) atoms. The smallest absolute Gasteiger partial charge is 0.303 e. The Kier molecular flexibility index (Phi) is 3.80. The van der Waals surface area contributed by atoms with E-state index >= 15 is 0 Å². The second kappa shape index (κ2) is 5.74. The van der Waals surface area contributed by atoms with Gasteiger partial charge in [-0.15, -0.1) is 0 Å². The third-order valence-corrected chi connectivity index (χ3v) is 4.33. The highest BCUT2D eigenvalue weighted by atomic mass is 79.9. The third kappa shape index (κ3) is 2.59. The summed E-state index contributed by atoms with van der Waals surface area (Å²) in [5.41, 5.74) is 4.04. The molecular weight excluding hydrogens is 332 g/mol. The summed E-state index contributed by atoms with van der Waals surface area (Å²) in [6, 6.07) is 13.9. The summed E-state index contributed by atoms with van der Waals surface area (Å²) in [4.78, 5) is 10.9. The predicted octanol–water partition coefficient (Wildman–Crippen LogP) is 4.83. The van der Waals surface area contributed by atoms with Crippen molar-refractivity contribution in [3.63, 3.8) is 0 Å². The van der Waals surface area contributed by atoms with Crippen LogP contribution in [0.4, 0.5) is 0 Å². The molecule has 1 aromatic rings. The van der Waals surface area contributed by atoms with Gasteiger partial charge in [0.2, 0.25) is 0 Å². The first-order valence-electron chi connectivity index (χ1n) is 6.63. The second-order valence-corrected chi connectivity index (χ2v) is 5.58. The number of rotatable bonds is 4. The number of fused-ring (bicyclic) bond motifs is 1. The van der Waals surface area contributed by atoms with Gasteiger partial charge >= 0.3 is 5.97 Å². The summed E-state index contributed by atoms with van der Waals surface area (Å²) in [5, 5.41) is 8.92. The van der Waals surface area contributed by atoms with Gasteiger partial charge in [-0.3, -0.25) is 4.79 Å². The van der Waals surface area contributed by atoms with E-state index in [1.54, 1.807) is 6.26 Å². The van der Waals surface area contributed by atoms with Crippen molar-refractivity contribution < 1.29 is 14.3 Å². The van der Waals surface area contributed by atoms with E-state index < -0.39 is 5.97 Å². The summed E-state index contributed by atoms with van der Waals surface area (Å²) in [6.07, 6.45) is 2.14. The van der Waals surface area contributed by atoms with E-state index in [-0.39, 0.29) is 6.42 Å². The molecule has 0 atom stereocenters. The van der Waals surface area contributed by atoms with Gasteiger partial charge in [0, 0.05) is 27.6 Å². The maximum absolute atomic E-state index is 10.9. The van der Waals surface area contributed by atoms with E-state index in [1.807, 2.05) is 42.5 Å². The minimum absolute atomic E-state index is 0.0797. The maximum Gasteiger partial charge on any atom is 0.303 e. The van der Waals surface area contributed by atoms with E-state index in [0.29, 0.717) is 6.42 Å². The summed E-state index contributed by atoms with van der Waals surface area (Å²) >= 11 is 3.63. The molecular formula is C17H13BrO3. The predicted molar refractivity (Wildman–Crippen MR) is 84.4 cm³/mol. The molecule has 1 aliphatic heterocycles. The molecule has 0 spiro atoms. The molecule has 3 rings (SSSR count). The molecule has 106 valence electrons. The molecule has 2 aliphatic rings. The van der Waals surface area contributed by atoms with E-state index in [0.717, 1.165) is 32.5 Å². The van der Waals surface area contributed by atoms with Gasteiger partial charge in [-0.2, -0.15) is 0 Å². The first-order valence-corrected chi connectivity index (χ1v) is 7.42. The molecule has 0 unspecified atom stereocenters. The molecule has 1 aromatic carbocycles. The maximum atomic E-state index is 10.9. The molecule has 3 nitrogen and oxygen atoms in total. The normalized spacial score (nSPS) is 10.9. The van der Waals surface area contributed by atoms with Gasteiger partial charge in [0.25, 0.3) is 0 Å². The van der Waals surface area contributed by atoms with Crippen molar-refractivity contribution in [1.82, 2.24) is 0 Å². The number of halogens is 1. The molecule has 0 amide bonds. The van der Waals surface area contributed by atoms with Crippen LogP contribution in [-0.4, -0.2) is 11.1 Å². The molecule has 0 saturated carbocycles. The van der Waals surface area contributed by atoms with E-state index in [9.17, 15) is 4.79 Å². The highest BCUT2D eigenvalue weighted by Crippen LogP contribution is 2.46. The fourth-order valence-electron chi connectivity index (χ4n) is 2.52. The summed E-state index contributed by atoms with van der Waals surface area (Å²) in [5.74, 6) is -0.0575. The Morgan fingerprint density at radius 2 is 1.90 bits per heavy atom. The number of carboxylic acid groups (broad SMARTS) is 1. The van der Waals surface area contributed by atoms with Gasteiger partial charge in [-0.25, -0.2) is 0 Å². The largest absolute Gasteiger partial charge is 0.481 e. The first kappa shape index (κ1) is 13.9. The van der Waals surface area contributed by atoms with Crippen LogP contribution in [0.25, 0.3) is 22.5 Å². The zero-order valence-corrected chi connectivity index (χ0v) is 12.8. The molecule has 0 fully saturated rings. The van der Waals surface area contributed by atoms with Gasteiger partial charge in [0.1, 0.15) is 5.76 Å². The van der Waals surface area contributed by atoms with Crippen LogP contribution < -0.4 is 0 Å². The Morgan fingerprint density at radius 1 is 1.14 bits per heavy atom. The van der Waals surface area contributed by atoms with Crippen LogP contribution in [0, 0.1) is 0 Å². The fraction of sp³-hybridized carbons (Fsp3) is 0.118. The van der Waals surface area contributed by atoms with E-state index in [1.165, 1.54) is 0 Å². The van der Waals surface area contributed by atoms with E-state index in [4.69, 9.17) is 9.52 Å². The molecule has 1 N–H and O–H groups in total. The fourth-order valence-corrected chi connectivity index (χ4v) is 3.34. The van der Waals surface area contributed by atoms with E-state index in [2.05, 4.69) is 15.9 Å². The van der Waals surface area contributed by atoms with Crippen LogP contribution in [0.5, 0.6) is 0 Å². The van der Waals surface area contributed by atoms with Gasteiger partial charge in [0.05, 0.1) is 6.26 Å². The molecule has 0 radical (unpaired) electrons. The summed E-state index contributed by atoms with van der Waals surface area (Å²) in [6.45, 7) is 0. The number of aliphatic carboxylic acids is 1. The molecule has 0 aromatic heterocycles. The SMILES string of the molecule is O=C(O)CCc1c2occcc-2c(-c2ccccc2)c1Br. The highest BCUT2D eigenvalue weighted by Gasteiger charge is 2.24. The topological polar surface area (TPSA) is 50.4 Å². The van der Waals surface area contributed by atoms with Crippen LogP contribution in [0.3, 0.4) is 0 Å². The Labute approximate surface area is 130 Å². The Hall–Kier alpha value is -2.07. The Balaban J connectivity index is 2.17. The van der Waals surface area contributed by atoms with Crippen molar-refractivity contribution in [1.29, 1.82) is 0 Å². The van der Waals surface area contributed by atoms with Gasteiger partial charge in [0.15, 0.2) is 0 Å². The van der Waals surface area contributed by atoms with Crippen LogP contribution >= 0.6 is 15.9 Å². The summed E-state index contributed by atoms with van der Waals surface area (Å²) < 4.78 is 6.55. The van der Waals surface area contributed by atoms with Gasteiger partial charge in [-0.05, 0) is 40.0 Å². The van der Waals surface area contributed by atoms with Crippen molar-refractivity contribution >= 4 is 21.9 Å². The van der Waals surface area contributed by atoms with Crippen LogP contribution in [0.1, 0.15) is 12.0 Å². The lowest BCUT2D eigenvalue weighted by Crippen LogP contribution is -1.97. The van der Waals surface area contributed by atoms with Crippen LogP contribution in [0.2, 0.25) is 0 Å². The standard InChI is InChI=1S/C17H13BrO3/c18-16-13(8-9-14(19)20)17-12(7-4-10-21-17)15(16)11-5-2-1-3-6-11/h1-7,10H,8-9H2,(H,19,20). The monoisotopic (exact) mass is 344 g/mol. The molecule has 0 bridgehead atoms. The first-order chi connectivity index (χ1) is 10.2. The zero-order chi connectivity index (χ0) is 14.8. The molecule has 1 aliphatic carbocycles. The number of carbonyl (C=O) groups is 1. The number of hydrogen-bond acceptors (Lipinski definition) is 2. The Morgan fingerprint density at radius 3 is 2.62 bits per heavy atom. The second-order valence-electron chi connectivity index (χ2n) is 4.78. The number of benzene rings is 1. The zero-order valence-electron chi connectivity index (χ0n) is 11.2. The van der Waals surface area contributed by atoms with Crippen molar-refractivity contribution in [2.75, 3.05) is 0 Å².